The van der Waals surface area contributed by atoms with Gasteiger partial charge in [-0.1, -0.05) is 27.7 Å². The maximum atomic E-state index is 11.8. The molecule has 1 saturated heterocycles. The number of carbonyl (C=O) groups excluding carboxylic acids is 1. The van der Waals surface area contributed by atoms with Gasteiger partial charge in [-0.2, -0.15) is 0 Å². The first-order valence-electron chi connectivity index (χ1n) is 5.65. The van der Waals surface area contributed by atoms with Crippen molar-refractivity contribution in [3.8, 4) is 0 Å². The van der Waals surface area contributed by atoms with Crippen LogP contribution in [-0.2, 0) is 4.79 Å². The van der Waals surface area contributed by atoms with Crippen molar-refractivity contribution >= 4 is 5.78 Å². The SMILES string of the molecule is CC1CCCN(CC(=O)C(C)(C)C)C1. The van der Waals surface area contributed by atoms with Gasteiger partial charge in [-0.25, -0.2) is 0 Å². The molecule has 2 nitrogen and oxygen atoms in total. The van der Waals surface area contributed by atoms with Crippen LogP contribution in [0, 0.1) is 11.3 Å². The standard InChI is InChI=1S/C12H23NO/c1-10-6-5-7-13(8-10)9-11(14)12(2,3)4/h10H,5-9H2,1-4H3. The fraction of sp³-hybridized carbons (Fsp3) is 0.917. The van der Waals surface area contributed by atoms with Gasteiger partial charge >= 0.3 is 0 Å². The van der Waals surface area contributed by atoms with E-state index in [2.05, 4.69) is 11.8 Å². The average Bonchev–Trinajstić information content (AvgIpc) is 2.02. The number of nitrogens with zero attached hydrogens (tertiary/aromatic N) is 1. The Hall–Kier alpha value is -0.370. The topological polar surface area (TPSA) is 20.3 Å². The van der Waals surface area contributed by atoms with E-state index in [0.717, 1.165) is 19.0 Å². The Morgan fingerprint density at radius 2 is 2.07 bits per heavy atom. The molecule has 2 heteroatoms. The molecule has 0 amide bonds. The van der Waals surface area contributed by atoms with Crippen molar-refractivity contribution in [1.29, 1.82) is 0 Å². The van der Waals surface area contributed by atoms with Crippen LogP contribution in [0.3, 0.4) is 0 Å². The molecule has 82 valence electrons. The summed E-state index contributed by atoms with van der Waals surface area (Å²) in [7, 11) is 0. The molecule has 0 aromatic heterocycles. The molecule has 0 spiro atoms. The summed E-state index contributed by atoms with van der Waals surface area (Å²) in [5, 5.41) is 0. The summed E-state index contributed by atoms with van der Waals surface area (Å²) in [5.41, 5.74) is -0.180. The predicted molar refractivity (Wildman–Crippen MR) is 59.3 cm³/mol. The molecule has 1 atom stereocenters. The fourth-order valence-electron chi connectivity index (χ4n) is 1.87. The lowest BCUT2D eigenvalue weighted by molar-refractivity contribution is -0.127. The van der Waals surface area contributed by atoms with E-state index in [4.69, 9.17) is 0 Å². The van der Waals surface area contributed by atoms with E-state index in [1.54, 1.807) is 0 Å². The number of ketones is 1. The van der Waals surface area contributed by atoms with Crippen LogP contribution in [0.15, 0.2) is 0 Å². The lowest BCUT2D eigenvalue weighted by Crippen LogP contribution is -2.41. The van der Waals surface area contributed by atoms with Crippen LogP contribution < -0.4 is 0 Å². The number of carbonyl (C=O) groups is 1. The van der Waals surface area contributed by atoms with Crippen LogP contribution in [0.25, 0.3) is 0 Å². The Bertz CT molecular complexity index is 205. The van der Waals surface area contributed by atoms with Crippen molar-refractivity contribution < 1.29 is 4.79 Å². The van der Waals surface area contributed by atoms with E-state index in [0.29, 0.717) is 12.3 Å². The van der Waals surface area contributed by atoms with Crippen molar-refractivity contribution in [3.05, 3.63) is 0 Å². The Kier molecular flexibility index (Phi) is 3.71. The first-order valence-corrected chi connectivity index (χ1v) is 5.65. The number of Topliss-reactive ketones (excluding diaryl/α,β-unsaturated/α-hetero) is 1. The van der Waals surface area contributed by atoms with Crippen molar-refractivity contribution in [3.63, 3.8) is 0 Å². The molecular formula is C12H23NO. The first kappa shape index (κ1) is 11.7. The molecule has 1 aliphatic rings. The second-order valence-electron chi connectivity index (χ2n) is 5.66. The smallest absolute Gasteiger partial charge is 0.152 e. The highest BCUT2D eigenvalue weighted by Crippen LogP contribution is 2.19. The predicted octanol–water partition coefficient (Wildman–Crippen LogP) is 2.33. The fourth-order valence-corrected chi connectivity index (χ4v) is 1.87. The van der Waals surface area contributed by atoms with Gasteiger partial charge in [0.05, 0.1) is 6.54 Å². The van der Waals surface area contributed by atoms with Gasteiger partial charge in [0.15, 0.2) is 5.78 Å². The Morgan fingerprint density at radius 1 is 1.43 bits per heavy atom. The molecule has 0 aromatic carbocycles. The van der Waals surface area contributed by atoms with E-state index in [9.17, 15) is 4.79 Å². The van der Waals surface area contributed by atoms with E-state index < -0.39 is 0 Å². The minimum atomic E-state index is -0.180. The molecule has 0 aromatic rings. The van der Waals surface area contributed by atoms with Crippen LogP contribution in [-0.4, -0.2) is 30.3 Å². The Labute approximate surface area is 87.7 Å². The third kappa shape index (κ3) is 3.41. The summed E-state index contributed by atoms with van der Waals surface area (Å²) in [6.07, 6.45) is 2.57. The largest absolute Gasteiger partial charge is 0.298 e. The van der Waals surface area contributed by atoms with Crippen LogP contribution in [0.5, 0.6) is 0 Å². The summed E-state index contributed by atoms with van der Waals surface area (Å²) in [4.78, 5) is 14.1. The third-order valence-corrected chi connectivity index (χ3v) is 2.94. The number of likely N-dealkylation sites (tertiary alicyclic amines) is 1. The molecule has 1 unspecified atom stereocenters. The zero-order valence-electron chi connectivity index (χ0n) is 9.97. The quantitative estimate of drug-likeness (QED) is 0.677. The van der Waals surface area contributed by atoms with Gasteiger partial charge in [-0.05, 0) is 25.3 Å². The average molecular weight is 197 g/mol. The summed E-state index contributed by atoms with van der Waals surface area (Å²) in [6, 6.07) is 0. The maximum Gasteiger partial charge on any atom is 0.152 e. The maximum absolute atomic E-state index is 11.8. The van der Waals surface area contributed by atoms with Gasteiger partial charge in [-0.15, -0.1) is 0 Å². The highest BCUT2D eigenvalue weighted by atomic mass is 16.1. The molecule has 1 heterocycles. The monoisotopic (exact) mass is 197 g/mol. The normalized spacial score (nSPS) is 25.0. The number of piperidine rings is 1. The molecule has 14 heavy (non-hydrogen) atoms. The van der Waals surface area contributed by atoms with Gasteiger partial charge in [0.25, 0.3) is 0 Å². The van der Waals surface area contributed by atoms with Gasteiger partial charge in [0.2, 0.25) is 0 Å². The summed E-state index contributed by atoms with van der Waals surface area (Å²) < 4.78 is 0. The van der Waals surface area contributed by atoms with Gasteiger partial charge in [-0.3, -0.25) is 9.69 Å². The summed E-state index contributed by atoms with van der Waals surface area (Å²) in [5.74, 6) is 1.13. The molecule has 1 rings (SSSR count). The zero-order chi connectivity index (χ0) is 10.8. The summed E-state index contributed by atoms with van der Waals surface area (Å²) >= 11 is 0. The first-order chi connectivity index (χ1) is 6.39. The Morgan fingerprint density at radius 3 is 2.57 bits per heavy atom. The van der Waals surface area contributed by atoms with E-state index in [1.165, 1.54) is 12.8 Å². The second kappa shape index (κ2) is 4.43. The Balaban J connectivity index is 2.40. The zero-order valence-corrected chi connectivity index (χ0v) is 9.97. The van der Waals surface area contributed by atoms with Crippen molar-refractivity contribution in [2.24, 2.45) is 11.3 Å². The molecule has 0 N–H and O–H groups in total. The molecule has 0 bridgehead atoms. The van der Waals surface area contributed by atoms with E-state index >= 15 is 0 Å². The molecule has 1 aliphatic heterocycles. The van der Waals surface area contributed by atoms with Crippen molar-refractivity contribution in [1.82, 2.24) is 4.90 Å². The third-order valence-electron chi connectivity index (χ3n) is 2.94. The van der Waals surface area contributed by atoms with Crippen molar-refractivity contribution in [2.45, 2.75) is 40.5 Å². The van der Waals surface area contributed by atoms with Crippen LogP contribution >= 0.6 is 0 Å². The minimum absolute atomic E-state index is 0.180. The minimum Gasteiger partial charge on any atom is -0.298 e. The van der Waals surface area contributed by atoms with Gasteiger partial charge in [0.1, 0.15) is 0 Å². The molecule has 1 fully saturated rings. The lowest BCUT2D eigenvalue weighted by Gasteiger charge is -2.32. The second-order valence-corrected chi connectivity index (χ2v) is 5.66. The summed E-state index contributed by atoms with van der Waals surface area (Å²) in [6.45, 7) is 11.1. The van der Waals surface area contributed by atoms with Crippen molar-refractivity contribution in [2.75, 3.05) is 19.6 Å². The highest BCUT2D eigenvalue weighted by Gasteiger charge is 2.25. The van der Waals surface area contributed by atoms with Crippen LogP contribution in [0.4, 0.5) is 0 Å². The van der Waals surface area contributed by atoms with E-state index in [1.807, 2.05) is 20.8 Å². The number of rotatable bonds is 2. The number of hydrogen-bond acceptors (Lipinski definition) is 2. The lowest BCUT2D eigenvalue weighted by atomic mass is 9.89. The molecule has 0 aliphatic carbocycles. The van der Waals surface area contributed by atoms with Crippen LogP contribution in [0.1, 0.15) is 40.5 Å². The van der Waals surface area contributed by atoms with E-state index in [-0.39, 0.29) is 5.41 Å². The molecule has 0 saturated carbocycles. The molecule has 0 radical (unpaired) electrons. The van der Waals surface area contributed by atoms with Crippen LogP contribution in [0.2, 0.25) is 0 Å². The molecular weight excluding hydrogens is 174 g/mol. The van der Waals surface area contributed by atoms with Gasteiger partial charge < -0.3 is 0 Å². The number of hydrogen-bond donors (Lipinski definition) is 0. The highest BCUT2D eigenvalue weighted by molar-refractivity contribution is 5.85. The van der Waals surface area contributed by atoms with Gasteiger partial charge in [0, 0.05) is 12.0 Å².